The van der Waals surface area contributed by atoms with Gasteiger partial charge in [0.15, 0.2) is 0 Å². The first-order chi connectivity index (χ1) is 9.12. The molecule has 1 N–H and O–H groups in total. The second-order valence-electron chi connectivity index (χ2n) is 5.14. The average molecular weight is 289 g/mol. The van der Waals surface area contributed by atoms with Gasteiger partial charge in [-0.25, -0.2) is 4.79 Å². The third-order valence-corrected chi connectivity index (χ3v) is 3.02. The van der Waals surface area contributed by atoms with Crippen LogP contribution in [0.1, 0.15) is 36.2 Å². The molecule has 0 aliphatic carbocycles. The Morgan fingerprint density at radius 3 is 2.40 bits per heavy atom. The molecule has 1 rings (SSSR count). The molecule has 1 aromatic rings. The van der Waals surface area contributed by atoms with Crippen molar-refractivity contribution in [1.29, 1.82) is 0 Å². The Bertz CT molecular complexity index is 484. The molecule has 3 nitrogen and oxygen atoms in total. The monoisotopic (exact) mass is 289 g/mol. The minimum atomic E-state index is -4.66. The fourth-order valence-corrected chi connectivity index (χ4v) is 1.77. The van der Waals surface area contributed by atoms with Crippen LogP contribution < -0.4 is 4.90 Å². The van der Waals surface area contributed by atoms with Crippen molar-refractivity contribution >= 4 is 11.7 Å². The zero-order valence-corrected chi connectivity index (χ0v) is 11.7. The predicted octanol–water partition coefficient (Wildman–Crippen LogP) is 3.89. The van der Waals surface area contributed by atoms with Crippen molar-refractivity contribution in [1.82, 2.24) is 0 Å². The van der Waals surface area contributed by atoms with Crippen molar-refractivity contribution in [2.75, 3.05) is 18.5 Å². The highest BCUT2D eigenvalue weighted by molar-refractivity contribution is 5.91. The zero-order chi connectivity index (χ0) is 15.5. The molecule has 0 atom stereocenters. The van der Waals surface area contributed by atoms with Gasteiger partial charge in [-0.2, -0.15) is 13.2 Å². The van der Waals surface area contributed by atoms with E-state index < -0.39 is 23.3 Å². The Hall–Kier alpha value is -1.72. The van der Waals surface area contributed by atoms with Crippen LogP contribution in [0.4, 0.5) is 18.9 Å². The molecule has 0 unspecified atom stereocenters. The molecule has 0 amide bonds. The smallest absolute Gasteiger partial charge is 0.417 e. The summed E-state index contributed by atoms with van der Waals surface area (Å²) in [7, 11) is 1.73. The number of halogens is 3. The molecule has 0 aliphatic heterocycles. The zero-order valence-electron chi connectivity index (χ0n) is 11.7. The van der Waals surface area contributed by atoms with Crippen molar-refractivity contribution in [3.8, 4) is 0 Å². The van der Waals surface area contributed by atoms with Gasteiger partial charge in [0.25, 0.3) is 0 Å². The number of benzene rings is 1. The summed E-state index contributed by atoms with van der Waals surface area (Å²) in [5.74, 6) is -1.11. The van der Waals surface area contributed by atoms with Crippen LogP contribution in [0.15, 0.2) is 18.2 Å². The highest BCUT2D eigenvalue weighted by atomic mass is 19.4. The van der Waals surface area contributed by atoms with Gasteiger partial charge < -0.3 is 10.0 Å². The molecule has 0 heterocycles. The predicted molar refractivity (Wildman–Crippen MR) is 71.1 cm³/mol. The van der Waals surface area contributed by atoms with E-state index in [2.05, 4.69) is 0 Å². The van der Waals surface area contributed by atoms with Gasteiger partial charge in [0.05, 0.1) is 11.1 Å². The number of nitrogens with zero attached hydrogens (tertiary/aromatic N) is 1. The molecule has 0 radical (unpaired) electrons. The van der Waals surface area contributed by atoms with Crippen LogP contribution in [0.25, 0.3) is 0 Å². The van der Waals surface area contributed by atoms with E-state index >= 15 is 0 Å². The Kier molecular flexibility index (Phi) is 5.03. The highest BCUT2D eigenvalue weighted by Crippen LogP contribution is 2.34. The van der Waals surface area contributed by atoms with E-state index in [0.717, 1.165) is 18.6 Å². The van der Waals surface area contributed by atoms with Gasteiger partial charge in [0.2, 0.25) is 0 Å². The van der Waals surface area contributed by atoms with Gasteiger partial charge in [-0.3, -0.25) is 0 Å². The van der Waals surface area contributed by atoms with Crippen LogP contribution in [0.2, 0.25) is 0 Å². The number of carbonyl (C=O) groups is 1. The Labute approximate surface area is 116 Å². The van der Waals surface area contributed by atoms with Gasteiger partial charge in [-0.05, 0) is 30.5 Å². The van der Waals surface area contributed by atoms with Crippen molar-refractivity contribution in [3.05, 3.63) is 29.3 Å². The van der Waals surface area contributed by atoms with E-state index in [0.29, 0.717) is 18.2 Å². The first-order valence-electron chi connectivity index (χ1n) is 6.28. The summed E-state index contributed by atoms with van der Waals surface area (Å²) in [5, 5.41) is 8.93. The fourth-order valence-electron chi connectivity index (χ4n) is 1.77. The number of carboxylic acids is 1. The lowest BCUT2D eigenvalue weighted by Gasteiger charge is -2.22. The topological polar surface area (TPSA) is 40.5 Å². The number of aromatic carboxylic acids is 1. The van der Waals surface area contributed by atoms with Gasteiger partial charge in [-0.15, -0.1) is 0 Å². The van der Waals surface area contributed by atoms with Gasteiger partial charge in [0, 0.05) is 19.3 Å². The van der Waals surface area contributed by atoms with Gasteiger partial charge in [-0.1, -0.05) is 13.8 Å². The lowest BCUT2D eigenvalue weighted by Crippen LogP contribution is -2.21. The number of anilines is 1. The van der Waals surface area contributed by atoms with Gasteiger partial charge in [0.1, 0.15) is 0 Å². The Morgan fingerprint density at radius 1 is 1.35 bits per heavy atom. The molecule has 0 bridgehead atoms. The summed E-state index contributed by atoms with van der Waals surface area (Å²) in [6.07, 6.45) is -3.79. The largest absolute Gasteiger partial charge is 0.478 e. The van der Waals surface area contributed by atoms with E-state index in [4.69, 9.17) is 5.11 Å². The number of hydrogen-bond acceptors (Lipinski definition) is 2. The number of rotatable bonds is 5. The lowest BCUT2D eigenvalue weighted by molar-refractivity contribution is -0.138. The van der Waals surface area contributed by atoms with E-state index in [1.54, 1.807) is 11.9 Å². The standard InChI is InChI=1S/C14H18F3NO2/c1-9(2)6-7-18(3)10-4-5-12(14(15,16)17)11(8-10)13(19)20/h4-5,8-9H,6-7H2,1-3H3,(H,19,20). The molecule has 0 fully saturated rings. The number of carboxylic acid groups (broad SMARTS) is 1. The summed E-state index contributed by atoms with van der Waals surface area (Å²) >= 11 is 0. The fraction of sp³-hybridized carbons (Fsp3) is 0.500. The molecule has 0 spiro atoms. The van der Waals surface area contributed by atoms with Crippen LogP contribution in [0.3, 0.4) is 0 Å². The molecule has 6 heteroatoms. The number of alkyl halides is 3. The van der Waals surface area contributed by atoms with Crippen LogP contribution in [-0.2, 0) is 6.18 Å². The van der Waals surface area contributed by atoms with Crippen LogP contribution in [0.5, 0.6) is 0 Å². The van der Waals surface area contributed by atoms with Crippen molar-refractivity contribution < 1.29 is 23.1 Å². The summed E-state index contributed by atoms with van der Waals surface area (Å²) in [4.78, 5) is 12.7. The molecule has 20 heavy (non-hydrogen) atoms. The molecule has 0 aromatic heterocycles. The third kappa shape index (κ3) is 4.15. The van der Waals surface area contributed by atoms with Crippen LogP contribution >= 0.6 is 0 Å². The normalized spacial score (nSPS) is 11.8. The molecule has 0 saturated heterocycles. The van der Waals surface area contributed by atoms with Gasteiger partial charge >= 0.3 is 12.1 Å². The number of hydrogen-bond donors (Lipinski definition) is 1. The van der Waals surface area contributed by atoms with E-state index in [-0.39, 0.29) is 0 Å². The van der Waals surface area contributed by atoms with Crippen molar-refractivity contribution in [2.45, 2.75) is 26.4 Å². The van der Waals surface area contributed by atoms with E-state index in [9.17, 15) is 18.0 Å². The molecule has 112 valence electrons. The lowest BCUT2D eigenvalue weighted by atomic mass is 10.1. The Balaban J connectivity index is 3.08. The van der Waals surface area contributed by atoms with Crippen molar-refractivity contribution in [3.63, 3.8) is 0 Å². The third-order valence-electron chi connectivity index (χ3n) is 3.02. The van der Waals surface area contributed by atoms with Crippen LogP contribution in [-0.4, -0.2) is 24.7 Å². The molecular formula is C14H18F3NO2. The maximum absolute atomic E-state index is 12.7. The molecular weight excluding hydrogens is 271 g/mol. The second kappa shape index (κ2) is 6.15. The minimum Gasteiger partial charge on any atom is -0.478 e. The SMILES string of the molecule is CC(C)CCN(C)c1ccc(C(F)(F)F)c(C(=O)O)c1. The molecule has 0 saturated carbocycles. The minimum absolute atomic E-state index is 0.464. The molecule has 1 aromatic carbocycles. The first-order valence-corrected chi connectivity index (χ1v) is 6.28. The van der Waals surface area contributed by atoms with E-state index in [1.807, 2.05) is 13.8 Å². The summed E-state index contributed by atoms with van der Waals surface area (Å²) in [6.45, 7) is 4.74. The quantitative estimate of drug-likeness (QED) is 0.894. The summed E-state index contributed by atoms with van der Waals surface area (Å²) < 4.78 is 38.2. The second-order valence-corrected chi connectivity index (χ2v) is 5.14. The summed E-state index contributed by atoms with van der Waals surface area (Å²) in [5.41, 5.74) is -1.37. The average Bonchev–Trinajstić information content (AvgIpc) is 2.33. The van der Waals surface area contributed by atoms with Crippen molar-refractivity contribution in [2.24, 2.45) is 5.92 Å². The summed E-state index contributed by atoms with van der Waals surface area (Å²) in [6, 6.07) is 3.20. The first kappa shape index (κ1) is 16.3. The Morgan fingerprint density at radius 2 is 1.95 bits per heavy atom. The van der Waals surface area contributed by atoms with E-state index in [1.165, 1.54) is 6.07 Å². The van der Waals surface area contributed by atoms with Crippen LogP contribution in [0, 0.1) is 5.92 Å². The maximum Gasteiger partial charge on any atom is 0.417 e. The maximum atomic E-state index is 12.7. The highest BCUT2D eigenvalue weighted by Gasteiger charge is 2.35. The molecule has 0 aliphatic rings.